The molecule has 0 saturated carbocycles. The minimum absolute atomic E-state index is 0.148. The molecule has 1 aliphatic heterocycles. The third-order valence-electron chi connectivity index (χ3n) is 4.78. The van der Waals surface area contributed by atoms with E-state index >= 15 is 0 Å². The van der Waals surface area contributed by atoms with E-state index in [2.05, 4.69) is 5.32 Å². The van der Waals surface area contributed by atoms with Crippen molar-refractivity contribution in [1.82, 2.24) is 4.90 Å². The summed E-state index contributed by atoms with van der Waals surface area (Å²) in [6.45, 7) is 1.40. The summed E-state index contributed by atoms with van der Waals surface area (Å²) in [6, 6.07) is 7.94. The van der Waals surface area contributed by atoms with Crippen LogP contribution in [0.25, 0.3) is 0 Å². The summed E-state index contributed by atoms with van der Waals surface area (Å²) >= 11 is 6.10. The van der Waals surface area contributed by atoms with Crippen molar-refractivity contribution in [1.29, 1.82) is 0 Å². The number of hydrogen-bond acceptors (Lipinski definition) is 5. The highest BCUT2D eigenvalue weighted by atomic mass is 35.5. The molecule has 0 unspecified atom stereocenters. The average molecular weight is 419 g/mol. The van der Waals surface area contributed by atoms with Gasteiger partial charge in [0.15, 0.2) is 11.5 Å². The van der Waals surface area contributed by atoms with E-state index in [0.29, 0.717) is 52.2 Å². The molecule has 0 bridgehead atoms. The summed E-state index contributed by atoms with van der Waals surface area (Å²) in [4.78, 5) is 27.6. The van der Waals surface area contributed by atoms with E-state index in [-0.39, 0.29) is 5.91 Å². The standard InChI is InChI=1S/C21H23ClN2O5/c1-27-17-10-13(11-18(28-2)19(17)29-3)20(25)23-16-7-6-14(22)12-15(16)21(26)24-8-4-5-9-24/h6-7,10-12H,4-5,8-9H2,1-3H3,(H,23,25). The summed E-state index contributed by atoms with van der Waals surface area (Å²) in [7, 11) is 4.44. The van der Waals surface area contributed by atoms with E-state index in [1.54, 1.807) is 35.2 Å². The van der Waals surface area contributed by atoms with Gasteiger partial charge in [-0.3, -0.25) is 9.59 Å². The molecule has 1 aliphatic rings. The number of nitrogens with one attached hydrogen (secondary N) is 1. The quantitative estimate of drug-likeness (QED) is 0.770. The second kappa shape index (κ2) is 9.05. The molecule has 0 aromatic heterocycles. The van der Waals surface area contributed by atoms with Crippen LogP contribution >= 0.6 is 11.6 Å². The lowest BCUT2D eigenvalue weighted by Crippen LogP contribution is -2.29. The SMILES string of the molecule is COc1cc(C(=O)Nc2ccc(Cl)cc2C(=O)N2CCCC2)cc(OC)c1OC. The molecule has 1 fully saturated rings. The highest BCUT2D eigenvalue weighted by molar-refractivity contribution is 6.31. The largest absolute Gasteiger partial charge is 0.493 e. The van der Waals surface area contributed by atoms with Gasteiger partial charge < -0.3 is 24.4 Å². The summed E-state index contributed by atoms with van der Waals surface area (Å²) in [5.41, 5.74) is 1.05. The number of amides is 2. The predicted molar refractivity (Wildman–Crippen MR) is 111 cm³/mol. The molecule has 1 N–H and O–H groups in total. The van der Waals surface area contributed by atoms with Crippen molar-refractivity contribution in [3.63, 3.8) is 0 Å². The van der Waals surface area contributed by atoms with Gasteiger partial charge in [-0.25, -0.2) is 0 Å². The monoisotopic (exact) mass is 418 g/mol. The van der Waals surface area contributed by atoms with Crippen molar-refractivity contribution in [2.75, 3.05) is 39.7 Å². The molecule has 29 heavy (non-hydrogen) atoms. The summed E-state index contributed by atoms with van der Waals surface area (Å²) < 4.78 is 15.9. The van der Waals surface area contributed by atoms with Crippen molar-refractivity contribution in [3.05, 3.63) is 46.5 Å². The van der Waals surface area contributed by atoms with E-state index < -0.39 is 5.91 Å². The molecule has 0 aliphatic carbocycles. The molecule has 7 nitrogen and oxygen atoms in total. The highest BCUT2D eigenvalue weighted by Gasteiger charge is 2.24. The smallest absolute Gasteiger partial charge is 0.256 e. The van der Waals surface area contributed by atoms with Gasteiger partial charge in [0.05, 0.1) is 32.6 Å². The van der Waals surface area contributed by atoms with Gasteiger partial charge in [-0.15, -0.1) is 0 Å². The van der Waals surface area contributed by atoms with E-state index in [9.17, 15) is 9.59 Å². The highest BCUT2D eigenvalue weighted by Crippen LogP contribution is 2.38. The molecule has 0 atom stereocenters. The number of carbonyl (C=O) groups excluding carboxylic acids is 2. The Morgan fingerprint density at radius 1 is 0.966 bits per heavy atom. The normalized spacial score (nSPS) is 13.2. The average Bonchev–Trinajstić information content (AvgIpc) is 3.28. The van der Waals surface area contributed by atoms with E-state index in [4.69, 9.17) is 25.8 Å². The number of benzene rings is 2. The van der Waals surface area contributed by atoms with Crippen LogP contribution in [0.2, 0.25) is 5.02 Å². The number of hydrogen-bond donors (Lipinski definition) is 1. The maximum Gasteiger partial charge on any atom is 0.256 e. The summed E-state index contributed by atoms with van der Waals surface area (Å²) in [6.07, 6.45) is 1.94. The van der Waals surface area contributed by atoms with Gasteiger partial charge in [-0.1, -0.05) is 11.6 Å². The van der Waals surface area contributed by atoms with E-state index in [1.807, 2.05) is 0 Å². The molecule has 1 saturated heterocycles. The third kappa shape index (κ3) is 4.40. The Labute approximate surface area is 174 Å². The van der Waals surface area contributed by atoms with Crippen LogP contribution < -0.4 is 19.5 Å². The topological polar surface area (TPSA) is 77.1 Å². The lowest BCUT2D eigenvalue weighted by atomic mass is 10.1. The Balaban J connectivity index is 1.92. The maximum absolute atomic E-state index is 12.9. The van der Waals surface area contributed by atoms with Gasteiger partial charge in [0.25, 0.3) is 11.8 Å². The van der Waals surface area contributed by atoms with Crippen molar-refractivity contribution < 1.29 is 23.8 Å². The zero-order valence-corrected chi connectivity index (χ0v) is 17.3. The van der Waals surface area contributed by atoms with Crippen LogP contribution in [-0.2, 0) is 0 Å². The van der Waals surface area contributed by atoms with Crippen molar-refractivity contribution in [2.24, 2.45) is 0 Å². The van der Waals surface area contributed by atoms with Crippen molar-refractivity contribution in [2.45, 2.75) is 12.8 Å². The second-order valence-electron chi connectivity index (χ2n) is 6.56. The van der Waals surface area contributed by atoms with Gasteiger partial charge in [-0.2, -0.15) is 0 Å². The van der Waals surface area contributed by atoms with Crippen LogP contribution in [-0.4, -0.2) is 51.1 Å². The first-order valence-corrected chi connectivity index (χ1v) is 9.56. The Kier molecular flexibility index (Phi) is 6.49. The lowest BCUT2D eigenvalue weighted by molar-refractivity contribution is 0.0794. The molecule has 2 amide bonds. The first kappa shape index (κ1) is 20.8. The number of anilines is 1. The Morgan fingerprint density at radius 2 is 1.59 bits per heavy atom. The van der Waals surface area contributed by atoms with Gasteiger partial charge in [0.1, 0.15) is 0 Å². The van der Waals surface area contributed by atoms with Gasteiger partial charge in [-0.05, 0) is 43.2 Å². The second-order valence-corrected chi connectivity index (χ2v) is 6.99. The fourth-order valence-corrected chi connectivity index (χ4v) is 3.47. The fourth-order valence-electron chi connectivity index (χ4n) is 3.30. The first-order chi connectivity index (χ1) is 14.0. The molecular weight excluding hydrogens is 396 g/mol. The molecular formula is C21H23ClN2O5. The molecule has 3 rings (SSSR count). The van der Waals surface area contributed by atoms with E-state index in [1.165, 1.54) is 21.3 Å². The number of likely N-dealkylation sites (tertiary alicyclic amines) is 1. The molecule has 0 radical (unpaired) electrons. The van der Waals surface area contributed by atoms with Crippen molar-refractivity contribution in [3.8, 4) is 17.2 Å². The fraction of sp³-hybridized carbons (Fsp3) is 0.333. The minimum atomic E-state index is -0.415. The summed E-state index contributed by atoms with van der Waals surface area (Å²) in [5.74, 6) is 0.554. The minimum Gasteiger partial charge on any atom is -0.493 e. The van der Waals surface area contributed by atoms with Crippen LogP contribution in [0.15, 0.2) is 30.3 Å². The number of carbonyl (C=O) groups is 2. The number of nitrogens with zero attached hydrogens (tertiary/aromatic N) is 1. The number of ether oxygens (including phenoxy) is 3. The third-order valence-corrected chi connectivity index (χ3v) is 5.02. The Morgan fingerprint density at radius 3 is 2.14 bits per heavy atom. The van der Waals surface area contributed by atoms with Crippen LogP contribution in [0.5, 0.6) is 17.2 Å². The Hall–Kier alpha value is -2.93. The maximum atomic E-state index is 12.9. The van der Waals surface area contributed by atoms with Crippen LogP contribution in [0.1, 0.15) is 33.6 Å². The number of rotatable bonds is 6. The van der Waals surface area contributed by atoms with Gasteiger partial charge in [0, 0.05) is 23.7 Å². The van der Waals surface area contributed by atoms with Crippen LogP contribution in [0.4, 0.5) is 5.69 Å². The molecule has 8 heteroatoms. The molecule has 2 aromatic carbocycles. The number of halogens is 1. The summed E-state index contributed by atoms with van der Waals surface area (Å²) in [5, 5.41) is 3.23. The molecule has 2 aromatic rings. The zero-order chi connectivity index (χ0) is 21.0. The lowest BCUT2D eigenvalue weighted by Gasteiger charge is -2.19. The molecule has 154 valence electrons. The first-order valence-electron chi connectivity index (χ1n) is 9.18. The zero-order valence-electron chi connectivity index (χ0n) is 16.6. The van der Waals surface area contributed by atoms with Crippen LogP contribution in [0, 0.1) is 0 Å². The molecule has 1 heterocycles. The van der Waals surface area contributed by atoms with Gasteiger partial charge >= 0.3 is 0 Å². The van der Waals surface area contributed by atoms with Crippen molar-refractivity contribution >= 4 is 29.1 Å². The molecule has 0 spiro atoms. The Bertz CT molecular complexity index is 900. The van der Waals surface area contributed by atoms with E-state index in [0.717, 1.165) is 12.8 Å². The predicted octanol–water partition coefficient (Wildman–Crippen LogP) is 3.85. The number of methoxy groups -OCH3 is 3. The van der Waals surface area contributed by atoms with Gasteiger partial charge in [0.2, 0.25) is 5.75 Å². The van der Waals surface area contributed by atoms with Crippen LogP contribution in [0.3, 0.4) is 0 Å².